The number of carbonyl (C=O) groups excluding carboxylic acids is 1. The predicted molar refractivity (Wildman–Crippen MR) is 58.8 cm³/mol. The molecule has 0 fully saturated rings. The van der Waals surface area contributed by atoms with Crippen LogP contribution in [0.2, 0.25) is 5.02 Å². The van der Waals surface area contributed by atoms with Crippen molar-refractivity contribution < 1.29 is 9.18 Å². The van der Waals surface area contributed by atoms with Gasteiger partial charge in [0.15, 0.2) is 0 Å². The van der Waals surface area contributed by atoms with E-state index in [-0.39, 0.29) is 12.2 Å². The van der Waals surface area contributed by atoms with Gasteiger partial charge >= 0.3 is 0 Å². The maximum absolute atomic E-state index is 12.3. The topological polar surface area (TPSA) is 17.1 Å². The SMILES string of the molecule is O=C(CBr)Cc1cc(CF)ccc1Cl. The molecule has 0 N–H and O–H groups in total. The van der Waals surface area contributed by atoms with Crippen molar-refractivity contribution in [1.29, 1.82) is 0 Å². The molecule has 0 saturated heterocycles. The monoisotopic (exact) mass is 278 g/mol. The van der Waals surface area contributed by atoms with E-state index >= 15 is 0 Å². The molecular weight excluding hydrogens is 270 g/mol. The molecule has 0 spiro atoms. The van der Waals surface area contributed by atoms with Crippen LogP contribution in [-0.4, -0.2) is 11.1 Å². The minimum Gasteiger partial charge on any atom is -0.298 e. The van der Waals surface area contributed by atoms with Crippen molar-refractivity contribution in [3.8, 4) is 0 Å². The second kappa shape index (κ2) is 5.47. The van der Waals surface area contributed by atoms with Crippen molar-refractivity contribution in [3.63, 3.8) is 0 Å². The van der Waals surface area contributed by atoms with E-state index in [0.29, 0.717) is 21.5 Å². The highest BCUT2D eigenvalue weighted by molar-refractivity contribution is 9.09. The molecule has 0 saturated carbocycles. The highest BCUT2D eigenvalue weighted by Gasteiger charge is 2.06. The molecule has 76 valence electrons. The molecule has 0 atom stereocenters. The molecule has 0 heterocycles. The first-order valence-electron chi connectivity index (χ1n) is 4.08. The van der Waals surface area contributed by atoms with Crippen LogP contribution in [0.25, 0.3) is 0 Å². The molecule has 14 heavy (non-hydrogen) atoms. The third kappa shape index (κ3) is 3.07. The van der Waals surface area contributed by atoms with E-state index in [4.69, 9.17) is 11.6 Å². The van der Waals surface area contributed by atoms with Crippen molar-refractivity contribution >= 4 is 33.3 Å². The van der Waals surface area contributed by atoms with Gasteiger partial charge in [0.1, 0.15) is 12.5 Å². The summed E-state index contributed by atoms with van der Waals surface area (Å²) in [6.45, 7) is -0.535. The lowest BCUT2D eigenvalue weighted by Crippen LogP contribution is -2.04. The quantitative estimate of drug-likeness (QED) is 0.773. The van der Waals surface area contributed by atoms with Gasteiger partial charge in [-0.15, -0.1) is 0 Å². The number of Topliss-reactive ketones (excluding diaryl/α,β-unsaturated/α-hetero) is 1. The Balaban J connectivity index is 2.89. The van der Waals surface area contributed by atoms with Crippen LogP contribution < -0.4 is 0 Å². The van der Waals surface area contributed by atoms with E-state index in [1.54, 1.807) is 18.2 Å². The molecule has 0 aliphatic rings. The van der Waals surface area contributed by atoms with Gasteiger partial charge < -0.3 is 0 Å². The summed E-state index contributed by atoms with van der Waals surface area (Å²) in [6.07, 6.45) is 0.248. The Morgan fingerprint density at radius 3 is 2.79 bits per heavy atom. The predicted octanol–water partition coefficient (Wildman–Crippen LogP) is 3.32. The van der Waals surface area contributed by atoms with Gasteiger partial charge in [0.25, 0.3) is 0 Å². The number of hydrogen-bond donors (Lipinski definition) is 0. The molecule has 0 amide bonds. The normalized spacial score (nSPS) is 10.2. The van der Waals surface area contributed by atoms with Crippen LogP contribution in [0.1, 0.15) is 11.1 Å². The molecule has 0 unspecified atom stereocenters. The first-order chi connectivity index (χ1) is 6.67. The zero-order valence-corrected chi connectivity index (χ0v) is 9.74. The zero-order valence-electron chi connectivity index (χ0n) is 7.40. The number of carbonyl (C=O) groups is 1. The summed E-state index contributed by atoms with van der Waals surface area (Å²) in [4.78, 5) is 11.1. The van der Waals surface area contributed by atoms with Gasteiger partial charge in [0, 0.05) is 11.4 Å². The van der Waals surface area contributed by atoms with Gasteiger partial charge in [0.05, 0.1) is 5.33 Å². The fourth-order valence-electron chi connectivity index (χ4n) is 1.11. The second-order valence-corrected chi connectivity index (χ2v) is 3.88. The summed E-state index contributed by atoms with van der Waals surface area (Å²) >= 11 is 8.93. The molecular formula is C10H9BrClFO. The first kappa shape index (κ1) is 11.7. The van der Waals surface area contributed by atoms with E-state index in [9.17, 15) is 9.18 Å². The van der Waals surface area contributed by atoms with Gasteiger partial charge in [-0.1, -0.05) is 39.7 Å². The van der Waals surface area contributed by atoms with Crippen LogP contribution in [-0.2, 0) is 17.9 Å². The molecule has 0 aliphatic carbocycles. The Morgan fingerprint density at radius 2 is 2.21 bits per heavy atom. The number of alkyl halides is 2. The number of halogens is 3. The highest BCUT2D eigenvalue weighted by atomic mass is 79.9. The Morgan fingerprint density at radius 1 is 1.50 bits per heavy atom. The summed E-state index contributed by atoms with van der Waals surface area (Å²) < 4.78 is 12.3. The zero-order chi connectivity index (χ0) is 10.6. The molecule has 4 heteroatoms. The van der Waals surface area contributed by atoms with Crippen LogP contribution in [0.4, 0.5) is 4.39 Å². The molecule has 0 aromatic heterocycles. The lowest BCUT2D eigenvalue weighted by atomic mass is 10.1. The third-order valence-corrected chi connectivity index (χ3v) is 2.80. The molecule has 1 rings (SSSR count). The summed E-state index contributed by atoms with van der Waals surface area (Å²) in [5, 5.41) is 0.805. The summed E-state index contributed by atoms with van der Waals surface area (Å²) in [7, 11) is 0. The van der Waals surface area contributed by atoms with Crippen molar-refractivity contribution in [2.45, 2.75) is 13.1 Å². The average molecular weight is 280 g/mol. The number of benzene rings is 1. The first-order valence-corrected chi connectivity index (χ1v) is 5.58. The summed E-state index contributed by atoms with van der Waals surface area (Å²) in [6, 6.07) is 4.86. The Hall–Kier alpha value is -0.410. The van der Waals surface area contributed by atoms with E-state index in [1.807, 2.05) is 0 Å². The van der Waals surface area contributed by atoms with E-state index < -0.39 is 6.67 Å². The second-order valence-electron chi connectivity index (χ2n) is 2.91. The third-order valence-electron chi connectivity index (χ3n) is 1.80. The molecule has 0 radical (unpaired) electrons. The van der Waals surface area contributed by atoms with E-state index in [1.165, 1.54) is 0 Å². The van der Waals surface area contributed by atoms with E-state index in [2.05, 4.69) is 15.9 Å². The minimum atomic E-state index is -0.535. The molecule has 0 bridgehead atoms. The molecule has 1 aromatic carbocycles. The Kier molecular flexibility index (Phi) is 4.55. The lowest BCUT2D eigenvalue weighted by molar-refractivity contribution is -0.115. The van der Waals surface area contributed by atoms with Gasteiger partial charge in [0.2, 0.25) is 0 Å². The van der Waals surface area contributed by atoms with Crippen LogP contribution in [0.5, 0.6) is 0 Å². The smallest absolute Gasteiger partial charge is 0.147 e. The van der Waals surface area contributed by atoms with Crippen LogP contribution in [0, 0.1) is 0 Å². The average Bonchev–Trinajstić information content (AvgIpc) is 2.21. The van der Waals surface area contributed by atoms with Gasteiger partial charge in [-0.2, -0.15) is 0 Å². The van der Waals surface area contributed by atoms with Crippen molar-refractivity contribution in [3.05, 3.63) is 34.3 Å². The molecule has 1 aromatic rings. The van der Waals surface area contributed by atoms with Gasteiger partial charge in [-0.05, 0) is 17.2 Å². The Labute approximate surface area is 95.4 Å². The number of hydrogen-bond acceptors (Lipinski definition) is 1. The highest BCUT2D eigenvalue weighted by Crippen LogP contribution is 2.19. The fraction of sp³-hybridized carbons (Fsp3) is 0.300. The standard InChI is InChI=1S/C10H9BrClFO/c11-5-9(14)4-8-3-7(6-13)1-2-10(8)12/h1-3H,4-6H2. The summed E-state index contributed by atoms with van der Waals surface area (Å²) in [5.74, 6) is 0.0305. The molecule has 1 nitrogen and oxygen atoms in total. The van der Waals surface area contributed by atoms with Crippen molar-refractivity contribution in [2.75, 3.05) is 5.33 Å². The lowest BCUT2D eigenvalue weighted by Gasteiger charge is -2.03. The van der Waals surface area contributed by atoms with E-state index in [0.717, 1.165) is 0 Å². The maximum atomic E-state index is 12.3. The van der Waals surface area contributed by atoms with Crippen LogP contribution in [0.15, 0.2) is 18.2 Å². The minimum absolute atomic E-state index is 0.0305. The summed E-state index contributed by atoms with van der Waals surface area (Å²) in [5.41, 5.74) is 1.23. The van der Waals surface area contributed by atoms with Crippen LogP contribution >= 0.6 is 27.5 Å². The number of rotatable bonds is 4. The fourth-order valence-corrected chi connectivity index (χ4v) is 1.49. The van der Waals surface area contributed by atoms with Crippen molar-refractivity contribution in [1.82, 2.24) is 0 Å². The largest absolute Gasteiger partial charge is 0.298 e. The Bertz CT molecular complexity index is 341. The van der Waals surface area contributed by atoms with Crippen molar-refractivity contribution in [2.24, 2.45) is 0 Å². The van der Waals surface area contributed by atoms with Crippen LogP contribution in [0.3, 0.4) is 0 Å². The number of ketones is 1. The molecule has 0 aliphatic heterocycles. The van der Waals surface area contributed by atoms with Gasteiger partial charge in [-0.3, -0.25) is 4.79 Å². The van der Waals surface area contributed by atoms with Gasteiger partial charge in [-0.25, -0.2) is 4.39 Å². The maximum Gasteiger partial charge on any atom is 0.147 e.